The van der Waals surface area contributed by atoms with Gasteiger partial charge in [0, 0.05) is 25.6 Å². The number of alkyl halides is 2. The van der Waals surface area contributed by atoms with Crippen LogP contribution in [0.2, 0.25) is 0 Å². The molecular weight excluding hydrogens is 323 g/mol. The van der Waals surface area contributed by atoms with Crippen LogP contribution in [-0.4, -0.2) is 37.0 Å². The highest BCUT2D eigenvalue weighted by Crippen LogP contribution is 2.27. The second-order valence-electron chi connectivity index (χ2n) is 5.94. The van der Waals surface area contributed by atoms with E-state index in [1.165, 1.54) is 12.1 Å². The van der Waals surface area contributed by atoms with Gasteiger partial charge in [0.15, 0.2) is 5.58 Å². The van der Waals surface area contributed by atoms with Gasteiger partial charge >= 0.3 is 0 Å². The molecule has 1 aromatic carbocycles. The first kappa shape index (κ1) is 16.6. The number of nitrogens with zero attached hydrogens (tertiary/aromatic N) is 2. The van der Waals surface area contributed by atoms with Gasteiger partial charge in [0.2, 0.25) is 5.91 Å². The average molecular weight is 341 g/mol. The summed E-state index contributed by atoms with van der Waals surface area (Å²) >= 11 is 0. The Morgan fingerprint density at radius 2 is 2.12 bits per heavy atom. The Morgan fingerprint density at radius 3 is 2.83 bits per heavy atom. The third-order valence-electron chi connectivity index (χ3n) is 4.15. The van der Waals surface area contributed by atoms with Gasteiger partial charge in [-0.15, -0.1) is 0 Å². The molecule has 0 spiro atoms. The summed E-state index contributed by atoms with van der Waals surface area (Å²) in [4.78, 5) is 17.9. The van der Waals surface area contributed by atoms with Crippen LogP contribution in [0.25, 0.3) is 11.1 Å². The van der Waals surface area contributed by atoms with Gasteiger partial charge in [-0.25, -0.2) is 13.2 Å². The zero-order valence-electron chi connectivity index (χ0n) is 13.0. The number of halogens is 3. The van der Waals surface area contributed by atoms with Crippen molar-refractivity contribution in [2.45, 2.75) is 25.7 Å². The van der Waals surface area contributed by atoms with Crippen LogP contribution >= 0.6 is 0 Å². The number of nitrogens with one attached hydrogen (secondary N) is 1. The first-order valence-corrected chi connectivity index (χ1v) is 7.87. The van der Waals surface area contributed by atoms with Crippen LogP contribution in [0.1, 0.15) is 19.3 Å². The largest absolute Gasteiger partial charge is 0.423 e. The quantitative estimate of drug-likeness (QED) is 0.908. The van der Waals surface area contributed by atoms with Gasteiger partial charge in [-0.1, -0.05) is 0 Å². The molecule has 0 radical (unpaired) electrons. The van der Waals surface area contributed by atoms with Crippen molar-refractivity contribution in [2.24, 2.45) is 5.92 Å². The van der Waals surface area contributed by atoms with E-state index in [-0.39, 0.29) is 24.1 Å². The molecule has 1 fully saturated rings. The summed E-state index contributed by atoms with van der Waals surface area (Å²) in [6, 6.07) is 4.64. The fourth-order valence-electron chi connectivity index (χ4n) is 2.88. The lowest BCUT2D eigenvalue weighted by Gasteiger charge is -2.30. The number of aromatic nitrogens is 1. The predicted molar refractivity (Wildman–Crippen MR) is 82.5 cm³/mol. The number of fused-ring (bicyclic) bond motifs is 1. The summed E-state index contributed by atoms with van der Waals surface area (Å²) in [5.74, 6) is -0.564. The monoisotopic (exact) mass is 341 g/mol. The van der Waals surface area contributed by atoms with Crippen LogP contribution in [0.4, 0.5) is 19.2 Å². The fraction of sp³-hybridized carbons (Fsp3) is 0.500. The van der Waals surface area contributed by atoms with Crippen molar-refractivity contribution in [2.75, 3.05) is 24.5 Å². The van der Waals surface area contributed by atoms with E-state index in [2.05, 4.69) is 10.3 Å². The Labute approximate surface area is 136 Å². The summed E-state index contributed by atoms with van der Waals surface area (Å²) < 4.78 is 42.9. The van der Waals surface area contributed by atoms with Crippen LogP contribution < -0.4 is 10.2 Å². The smallest absolute Gasteiger partial charge is 0.298 e. The third-order valence-corrected chi connectivity index (χ3v) is 4.15. The first-order valence-electron chi connectivity index (χ1n) is 7.87. The molecule has 1 aliphatic heterocycles. The van der Waals surface area contributed by atoms with E-state index in [9.17, 15) is 18.0 Å². The Bertz CT molecular complexity index is 712. The number of benzene rings is 1. The summed E-state index contributed by atoms with van der Waals surface area (Å²) in [6.45, 7) is 0.710. The Kier molecular flexibility index (Phi) is 4.92. The molecule has 2 aromatic rings. The molecule has 0 atom stereocenters. The van der Waals surface area contributed by atoms with Crippen LogP contribution in [0.3, 0.4) is 0 Å². The maximum Gasteiger partial charge on any atom is 0.298 e. The molecule has 8 heteroatoms. The Balaban J connectivity index is 1.53. The van der Waals surface area contributed by atoms with Gasteiger partial charge in [0.1, 0.15) is 11.3 Å². The van der Waals surface area contributed by atoms with Crippen molar-refractivity contribution >= 4 is 23.0 Å². The van der Waals surface area contributed by atoms with Crippen molar-refractivity contribution in [3.05, 3.63) is 24.0 Å². The van der Waals surface area contributed by atoms with Gasteiger partial charge in [-0.3, -0.25) is 4.79 Å². The van der Waals surface area contributed by atoms with E-state index in [0.717, 1.165) is 12.8 Å². The molecule has 1 N–H and O–H groups in total. The van der Waals surface area contributed by atoms with Crippen molar-refractivity contribution in [1.29, 1.82) is 0 Å². The number of hydrogen-bond acceptors (Lipinski definition) is 4. The number of oxazole rings is 1. The highest BCUT2D eigenvalue weighted by Gasteiger charge is 2.24. The lowest BCUT2D eigenvalue weighted by Crippen LogP contribution is -2.36. The first-order chi connectivity index (χ1) is 11.5. The molecule has 24 heavy (non-hydrogen) atoms. The highest BCUT2D eigenvalue weighted by molar-refractivity contribution is 5.76. The third kappa shape index (κ3) is 3.98. The van der Waals surface area contributed by atoms with Crippen LogP contribution in [0.5, 0.6) is 0 Å². The zero-order valence-corrected chi connectivity index (χ0v) is 13.0. The summed E-state index contributed by atoms with van der Waals surface area (Å²) in [5, 5.41) is 2.23. The lowest BCUT2D eigenvalue weighted by molar-refractivity contribution is -0.122. The molecule has 2 heterocycles. The van der Waals surface area contributed by atoms with E-state index in [1.807, 2.05) is 4.90 Å². The summed E-state index contributed by atoms with van der Waals surface area (Å²) in [6.07, 6.45) is -0.788. The van der Waals surface area contributed by atoms with Crippen molar-refractivity contribution in [3.8, 4) is 0 Å². The topological polar surface area (TPSA) is 58.4 Å². The van der Waals surface area contributed by atoms with Crippen LogP contribution in [0.15, 0.2) is 22.6 Å². The van der Waals surface area contributed by atoms with Crippen molar-refractivity contribution < 1.29 is 22.4 Å². The molecular formula is C16H18F3N3O2. The van der Waals surface area contributed by atoms with E-state index >= 15 is 0 Å². The second kappa shape index (κ2) is 7.11. The second-order valence-corrected chi connectivity index (χ2v) is 5.94. The normalized spacial score (nSPS) is 16.1. The maximum absolute atomic E-state index is 13.2. The molecule has 0 bridgehead atoms. The van der Waals surface area contributed by atoms with Crippen LogP contribution in [0, 0.1) is 11.7 Å². The molecule has 1 saturated heterocycles. The zero-order chi connectivity index (χ0) is 17.1. The number of hydrogen-bond donors (Lipinski definition) is 1. The van der Waals surface area contributed by atoms with Gasteiger partial charge in [-0.05, 0) is 30.9 Å². The molecule has 1 amide bonds. The molecule has 1 aliphatic rings. The average Bonchev–Trinajstić information content (AvgIpc) is 2.96. The van der Waals surface area contributed by atoms with E-state index in [0.29, 0.717) is 30.2 Å². The summed E-state index contributed by atoms with van der Waals surface area (Å²) in [7, 11) is 0. The van der Waals surface area contributed by atoms with Gasteiger partial charge in [0.05, 0.1) is 6.54 Å². The fourth-order valence-corrected chi connectivity index (χ4v) is 2.88. The lowest BCUT2D eigenvalue weighted by atomic mass is 9.93. The Morgan fingerprint density at radius 1 is 1.38 bits per heavy atom. The Hall–Kier alpha value is -2.25. The van der Waals surface area contributed by atoms with E-state index in [1.54, 1.807) is 6.07 Å². The van der Waals surface area contributed by atoms with Gasteiger partial charge in [0.25, 0.3) is 12.4 Å². The molecule has 1 aromatic heterocycles. The van der Waals surface area contributed by atoms with E-state index < -0.39 is 13.0 Å². The molecule has 5 nitrogen and oxygen atoms in total. The number of rotatable bonds is 5. The van der Waals surface area contributed by atoms with Gasteiger partial charge in [-0.2, -0.15) is 4.98 Å². The number of anilines is 1. The number of piperidine rings is 1. The minimum Gasteiger partial charge on any atom is -0.423 e. The standard InChI is InChI=1S/C16H18F3N3O2/c17-11-1-2-12-13(8-11)24-16(21-12)22-5-3-10(4-6-22)7-15(23)20-9-14(18)19/h1-2,8,10,14H,3-7,9H2,(H,20,23). The van der Waals surface area contributed by atoms with Crippen LogP contribution in [-0.2, 0) is 4.79 Å². The summed E-state index contributed by atoms with van der Waals surface area (Å²) in [5.41, 5.74) is 0.999. The number of carbonyl (C=O) groups is 1. The molecule has 0 aliphatic carbocycles. The van der Waals surface area contributed by atoms with Gasteiger partial charge < -0.3 is 14.6 Å². The minimum atomic E-state index is -2.53. The molecule has 0 saturated carbocycles. The SMILES string of the molecule is O=C(CC1CCN(c2nc3ccc(F)cc3o2)CC1)NCC(F)F. The molecule has 130 valence electrons. The molecule has 3 rings (SSSR count). The number of carbonyl (C=O) groups excluding carboxylic acids is 1. The minimum absolute atomic E-state index is 0.153. The van der Waals surface area contributed by atoms with Crippen molar-refractivity contribution in [3.63, 3.8) is 0 Å². The van der Waals surface area contributed by atoms with E-state index in [4.69, 9.17) is 4.42 Å². The number of amides is 1. The predicted octanol–water partition coefficient (Wildman–Crippen LogP) is 2.95. The molecule has 0 unspecified atom stereocenters. The highest BCUT2D eigenvalue weighted by atomic mass is 19.3. The van der Waals surface area contributed by atoms with Crippen molar-refractivity contribution in [1.82, 2.24) is 10.3 Å². The maximum atomic E-state index is 13.2.